The molecule has 2 aromatic carbocycles. The van der Waals surface area contributed by atoms with E-state index in [1.807, 2.05) is 60.7 Å². The molecule has 106 valence electrons. The van der Waals surface area contributed by atoms with Gasteiger partial charge in [0.05, 0.1) is 0 Å². The Morgan fingerprint density at radius 1 is 0.857 bits per heavy atom. The first-order valence-electron chi connectivity index (χ1n) is 6.93. The van der Waals surface area contributed by atoms with Gasteiger partial charge in [0.25, 0.3) is 0 Å². The van der Waals surface area contributed by atoms with E-state index in [1.54, 1.807) is 0 Å². The molecule has 0 aliphatic carbocycles. The molecule has 3 heteroatoms. The van der Waals surface area contributed by atoms with E-state index in [0.29, 0.717) is 20.7 Å². The standard InChI is InChI=1S/C18H17OPSe/c1-15-12-13-21-18(15)14-20(19,16-8-4-2-5-9-16)17-10-6-3-7-11-17/h2-13H,14H2,1H3. The summed E-state index contributed by atoms with van der Waals surface area (Å²) in [6, 6.07) is 22.0. The van der Waals surface area contributed by atoms with Crippen molar-refractivity contribution in [2.75, 3.05) is 0 Å². The van der Waals surface area contributed by atoms with Crippen molar-refractivity contribution in [2.45, 2.75) is 13.1 Å². The molecule has 3 rings (SSSR count). The predicted molar refractivity (Wildman–Crippen MR) is 91.6 cm³/mol. The quantitative estimate of drug-likeness (QED) is 0.514. The summed E-state index contributed by atoms with van der Waals surface area (Å²) in [5, 5.41) is 1.92. The summed E-state index contributed by atoms with van der Waals surface area (Å²) in [6.07, 6.45) is 0.667. The van der Waals surface area contributed by atoms with E-state index >= 15 is 0 Å². The molecule has 3 aromatic rings. The molecule has 0 spiro atoms. The molecule has 0 N–H and O–H groups in total. The van der Waals surface area contributed by atoms with Crippen molar-refractivity contribution in [3.8, 4) is 0 Å². The second kappa shape index (κ2) is 6.20. The first-order chi connectivity index (χ1) is 10.2. The summed E-state index contributed by atoms with van der Waals surface area (Å²) in [7, 11) is -2.59. The normalized spacial score (nSPS) is 11.5. The zero-order chi connectivity index (χ0) is 14.7. The number of aryl methyl sites for hydroxylation is 1. The van der Waals surface area contributed by atoms with E-state index in [0.717, 1.165) is 10.6 Å². The maximum atomic E-state index is 13.9. The fourth-order valence-electron chi connectivity index (χ4n) is 2.44. The minimum atomic E-state index is -2.59. The van der Waals surface area contributed by atoms with Gasteiger partial charge < -0.3 is 0 Å². The van der Waals surface area contributed by atoms with Crippen LogP contribution in [0.2, 0.25) is 0 Å². The molecule has 0 bridgehead atoms. The van der Waals surface area contributed by atoms with Crippen LogP contribution in [0.15, 0.2) is 71.7 Å². The molecule has 1 aromatic heterocycles. The van der Waals surface area contributed by atoms with Gasteiger partial charge >= 0.3 is 132 Å². The summed E-state index contributed by atoms with van der Waals surface area (Å²) in [5.74, 6) is 0. The van der Waals surface area contributed by atoms with Crippen molar-refractivity contribution in [2.24, 2.45) is 0 Å². The fraction of sp³-hybridized carbons (Fsp3) is 0.111. The molecule has 1 heterocycles. The molecular weight excluding hydrogens is 342 g/mol. The topological polar surface area (TPSA) is 17.1 Å². The predicted octanol–water partition coefficient (Wildman–Crippen LogP) is 3.57. The monoisotopic (exact) mass is 360 g/mol. The van der Waals surface area contributed by atoms with E-state index in [-0.39, 0.29) is 0 Å². The summed E-state index contributed by atoms with van der Waals surface area (Å²) < 4.78 is 15.2. The van der Waals surface area contributed by atoms with Gasteiger partial charge in [-0.2, -0.15) is 0 Å². The van der Waals surface area contributed by atoms with Crippen LogP contribution < -0.4 is 10.6 Å². The zero-order valence-electron chi connectivity index (χ0n) is 11.9. The minimum absolute atomic E-state index is 0.351. The third-order valence-corrected chi connectivity index (χ3v) is 9.33. The van der Waals surface area contributed by atoms with E-state index in [1.165, 1.54) is 10.0 Å². The summed E-state index contributed by atoms with van der Waals surface area (Å²) in [5.41, 5.74) is 1.29. The third-order valence-electron chi connectivity index (χ3n) is 3.68. The SMILES string of the molecule is Cc1cc[se]c1CP(=O)(c1ccccc1)c1ccccc1. The second-order valence-corrected chi connectivity index (χ2v) is 10.0. The molecular formula is C18H17OPSe. The van der Waals surface area contributed by atoms with Crippen LogP contribution in [0.1, 0.15) is 10.0 Å². The van der Waals surface area contributed by atoms with Crippen LogP contribution in [-0.2, 0) is 10.7 Å². The molecule has 0 amide bonds. The Morgan fingerprint density at radius 2 is 1.38 bits per heavy atom. The summed E-state index contributed by atoms with van der Waals surface area (Å²) in [4.78, 5) is 2.22. The number of hydrogen-bond acceptors (Lipinski definition) is 1. The third kappa shape index (κ3) is 2.99. The molecule has 0 unspecified atom stereocenters. The molecule has 0 saturated carbocycles. The van der Waals surface area contributed by atoms with Gasteiger partial charge in [0.15, 0.2) is 0 Å². The fourth-order valence-corrected chi connectivity index (χ4v) is 8.20. The maximum absolute atomic E-state index is 13.9. The Hall–Kier alpha value is -1.33. The Kier molecular flexibility index (Phi) is 4.31. The molecule has 0 aliphatic rings. The molecule has 0 aliphatic heterocycles. The van der Waals surface area contributed by atoms with Gasteiger partial charge in [0.2, 0.25) is 0 Å². The first-order valence-corrected chi connectivity index (χ1v) is 10.7. The van der Waals surface area contributed by atoms with Crippen LogP contribution in [0.3, 0.4) is 0 Å². The number of benzene rings is 2. The van der Waals surface area contributed by atoms with Crippen molar-refractivity contribution in [1.29, 1.82) is 0 Å². The molecule has 0 saturated heterocycles. The molecule has 0 radical (unpaired) electrons. The van der Waals surface area contributed by atoms with Crippen LogP contribution in [0, 0.1) is 6.92 Å². The van der Waals surface area contributed by atoms with Crippen molar-refractivity contribution < 1.29 is 4.57 Å². The van der Waals surface area contributed by atoms with Gasteiger partial charge in [-0.05, 0) is 0 Å². The Morgan fingerprint density at radius 3 is 1.81 bits per heavy atom. The molecule has 21 heavy (non-hydrogen) atoms. The average Bonchev–Trinajstić information content (AvgIpc) is 2.94. The van der Waals surface area contributed by atoms with Crippen LogP contribution in [0.25, 0.3) is 0 Å². The molecule has 0 fully saturated rings. The van der Waals surface area contributed by atoms with E-state index in [9.17, 15) is 4.57 Å². The van der Waals surface area contributed by atoms with Gasteiger partial charge in [0, 0.05) is 0 Å². The number of rotatable bonds is 4. The van der Waals surface area contributed by atoms with Crippen LogP contribution in [-0.4, -0.2) is 14.5 Å². The van der Waals surface area contributed by atoms with E-state index in [2.05, 4.69) is 17.9 Å². The summed E-state index contributed by atoms with van der Waals surface area (Å²) in [6.45, 7) is 2.13. The van der Waals surface area contributed by atoms with Crippen molar-refractivity contribution in [3.05, 3.63) is 81.7 Å². The van der Waals surface area contributed by atoms with Crippen LogP contribution in [0.5, 0.6) is 0 Å². The van der Waals surface area contributed by atoms with Gasteiger partial charge in [-0.15, -0.1) is 0 Å². The Balaban J connectivity index is 2.12. The Bertz CT molecular complexity index is 719. The van der Waals surface area contributed by atoms with Gasteiger partial charge in [0.1, 0.15) is 0 Å². The first kappa shape index (κ1) is 14.6. The van der Waals surface area contributed by atoms with Gasteiger partial charge in [-0.1, -0.05) is 0 Å². The molecule has 0 atom stereocenters. The van der Waals surface area contributed by atoms with Crippen LogP contribution >= 0.6 is 7.14 Å². The van der Waals surface area contributed by atoms with Gasteiger partial charge in [-0.3, -0.25) is 0 Å². The number of hydrogen-bond donors (Lipinski definition) is 0. The molecule has 1 nitrogen and oxygen atoms in total. The van der Waals surface area contributed by atoms with Crippen molar-refractivity contribution in [1.82, 2.24) is 0 Å². The Labute approximate surface area is 131 Å². The summed E-state index contributed by atoms with van der Waals surface area (Å²) >= 11 is 0.351. The average molecular weight is 359 g/mol. The van der Waals surface area contributed by atoms with E-state index < -0.39 is 7.14 Å². The van der Waals surface area contributed by atoms with E-state index in [4.69, 9.17) is 0 Å². The van der Waals surface area contributed by atoms with Crippen molar-refractivity contribution >= 4 is 32.3 Å². The van der Waals surface area contributed by atoms with Crippen LogP contribution in [0.4, 0.5) is 0 Å². The second-order valence-electron chi connectivity index (χ2n) is 5.10. The van der Waals surface area contributed by atoms with Crippen molar-refractivity contribution in [3.63, 3.8) is 0 Å². The van der Waals surface area contributed by atoms with Gasteiger partial charge in [-0.25, -0.2) is 0 Å². The zero-order valence-corrected chi connectivity index (χ0v) is 14.5.